The van der Waals surface area contributed by atoms with Crippen LogP contribution in [0.15, 0.2) is 34.9 Å². The Labute approximate surface area is 129 Å². The molecule has 1 aromatic carbocycles. The molecule has 0 bridgehead atoms. The van der Waals surface area contributed by atoms with E-state index in [-0.39, 0.29) is 0 Å². The molecule has 20 heavy (non-hydrogen) atoms. The second kappa shape index (κ2) is 7.76. The van der Waals surface area contributed by atoms with Crippen molar-refractivity contribution < 1.29 is 0 Å². The fourth-order valence-corrected chi connectivity index (χ4v) is 3.58. The lowest BCUT2D eigenvalue weighted by Gasteiger charge is -2.18. The van der Waals surface area contributed by atoms with Gasteiger partial charge in [0.15, 0.2) is 4.34 Å². The monoisotopic (exact) mass is 307 g/mol. The van der Waals surface area contributed by atoms with E-state index in [9.17, 15) is 0 Å². The van der Waals surface area contributed by atoms with Gasteiger partial charge in [-0.05, 0) is 35.1 Å². The number of nitrogens with zero attached hydrogens (tertiary/aromatic N) is 2. The third kappa shape index (κ3) is 4.30. The number of aromatic nitrogens is 2. The van der Waals surface area contributed by atoms with Gasteiger partial charge in [-0.1, -0.05) is 56.8 Å². The molecule has 1 heterocycles. The third-order valence-corrected chi connectivity index (χ3v) is 5.06. The Kier molecular flexibility index (Phi) is 6.01. The molecule has 0 spiro atoms. The number of benzene rings is 1. The van der Waals surface area contributed by atoms with Crippen molar-refractivity contribution in [1.29, 1.82) is 0 Å². The molecule has 0 radical (unpaired) electrons. The van der Waals surface area contributed by atoms with Crippen LogP contribution < -0.4 is 5.32 Å². The van der Waals surface area contributed by atoms with Crippen LogP contribution in [0.5, 0.6) is 0 Å². The smallest absolute Gasteiger partial charge is 0.169 e. The van der Waals surface area contributed by atoms with Gasteiger partial charge in [-0.3, -0.25) is 0 Å². The summed E-state index contributed by atoms with van der Waals surface area (Å²) in [7, 11) is 0. The Morgan fingerprint density at radius 3 is 2.45 bits per heavy atom. The first-order valence-corrected chi connectivity index (χ1v) is 8.69. The summed E-state index contributed by atoms with van der Waals surface area (Å²) in [5.74, 6) is 1.56. The average molecular weight is 307 g/mol. The predicted octanol–water partition coefficient (Wildman–Crippen LogP) is 4.10. The first-order valence-electron chi connectivity index (χ1n) is 6.93. The molecule has 0 aliphatic carbocycles. The van der Waals surface area contributed by atoms with Crippen molar-refractivity contribution in [2.45, 2.75) is 37.1 Å². The maximum atomic E-state index is 4.22. The van der Waals surface area contributed by atoms with Gasteiger partial charge < -0.3 is 5.32 Å². The fourth-order valence-electron chi connectivity index (χ4n) is 2.01. The van der Waals surface area contributed by atoms with Crippen LogP contribution in [0.25, 0.3) is 0 Å². The highest BCUT2D eigenvalue weighted by Crippen LogP contribution is 2.26. The number of thioether (sulfide) groups is 1. The second-order valence-corrected chi connectivity index (χ2v) is 7.00. The van der Waals surface area contributed by atoms with E-state index in [0.29, 0.717) is 12.0 Å². The van der Waals surface area contributed by atoms with Crippen molar-refractivity contribution in [2.24, 2.45) is 0 Å². The van der Waals surface area contributed by atoms with Gasteiger partial charge in [0.2, 0.25) is 0 Å². The molecule has 3 nitrogen and oxygen atoms in total. The fraction of sp³-hybridized carbons (Fsp3) is 0.467. The van der Waals surface area contributed by atoms with E-state index in [0.717, 1.165) is 16.6 Å². The number of rotatable bonds is 7. The van der Waals surface area contributed by atoms with Crippen LogP contribution in [-0.4, -0.2) is 21.7 Å². The molecule has 0 aliphatic rings. The van der Waals surface area contributed by atoms with E-state index < -0.39 is 0 Å². The summed E-state index contributed by atoms with van der Waals surface area (Å²) in [4.78, 5) is 4.22. The molecular weight excluding hydrogens is 286 g/mol. The van der Waals surface area contributed by atoms with Crippen LogP contribution in [0, 0.1) is 0 Å². The van der Waals surface area contributed by atoms with Crippen molar-refractivity contribution >= 4 is 23.3 Å². The van der Waals surface area contributed by atoms with Gasteiger partial charge in [-0.2, -0.15) is 4.37 Å². The van der Waals surface area contributed by atoms with Gasteiger partial charge in [0.25, 0.3) is 0 Å². The van der Waals surface area contributed by atoms with Crippen molar-refractivity contribution in [1.82, 2.24) is 14.7 Å². The zero-order chi connectivity index (χ0) is 14.4. The Morgan fingerprint density at radius 2 is 1.90 bits per heavy atom. The number of hydrogen-bond donors (Lipinski definition) is 1. The van der Waals surface area contributed by atoms with Crippen molar-refractivity contribution in [3.8, 4) is 0 Å². The SMILES string of the molecule is CCNC(CSc1ncns1)c1ccc(C(C)C)cc1. The Morgan fingerprint density at radius 1 is 1.20 bits per heavy atom. The van der Waals surface area contributed by atoms with Crippen LogP contribution in [0.4, 0.5) is 0 Å². The van der Waals surface area contributed by atoms with E-state index in [1.165, 1.54) is 22.7 Å². The molecule has 2 aromatic rings. The lowest BCUT2D eigenvalue weighted by molar-refractivity contribution is 0.605. The highest BCUT2D eigenvalue weighted by molar-refractivity contribution is 8.00. The highest BCUT2D eigenvalue weighted by atomic mass is 32.2. The molecule has 108 valence electrons. The Bertz CT molecular complexity index is 494. The van der Waals surface area contributed by atoms with Crippen LogP contribution in [0.1, 0.15) is 43.9 Å². The van der Waals surface area contributed by atoms with Crippen molar-refractivity contribution in [3.05, 3.63) is 41.7 Å². The van der Waals surface area contributed by atoms with Gasteiger partial charge in [0.05, 0.1) is 0 Å². The van der Waals surface area contributed by atoms with Crippen molar-refractivity contribution in [3.63, 3.8) is 0 Å². The van der Waals surface area contributed by atoms with Crippen LogP contribution >= 0.6 is 23.3 Å². The molecular formula is C15H21N3S2. The van der Waals surface area contributed by atoms with E-state index >= 15 is 0 Å². The standard InChI is InChI=1S/C15H21N3S2/c1-4-16-14(9-19-15-17-10-18-20-15)13-7-5-12(6-8-13)11(2)3/h5-8,10-11,14,16H,4,9H2,1-3H3. The van der Waals surface area contributed by atoms with E-state index in [1.54, 1.807) is 18.1 Å². The second-order valence-electron chi connectivity index (χ2n) is 4.95. The summed E-state index contributed by atoms with van der Waals surface area (Å²) in [6.07, 6.45) is 1.62. The Hall–Kier alpha value is -0.910. The van der Waals surface area contributed by atoms with Gasteiger partial charge in [0, 0.05) is 11.8 Å². The molecule has 1 atom stereocenters. The molecule has 1 unspecified atom stereocenters. The van der Waals surface area contributed by atoms with Crippen LogP contribution in [0.2, 0.25) is 0 Å². The van der Waals surface area contributed by atoms with Crippen LogP contribution in [-0.2, 0) is 0 Å². The molecule has 0 saturated heterocycles. The molecule has 1 aromatic heterocycles. The molecule has 5 heteroatoms. The predicted molar refractivity (Wildman–Crippen MR) is 87.6 cm³/mol. The largest absolute Gasteiger partial charge is 0.309 e. The topological polar surface area (TPSA) is 37.8 Å². The van der Waals surface area contributed by atoms with Gasteiger partial charge in [-0.15, -0.1) is 0 Å². The summed E-state index contributed by atoms with van der Waals surface area (Å²) in [6, 6.07) is 9.31. The van der Waals surface area contributed by atoms with E-state index in [1.807, 2.05) is 0 Å². The lowest BCUT2D eigenvalue weighted by atomic mass is 9.99. The molecule has 0 fully saturated rings. The molecule has 0 amide bonds. The maximum Gasteiger partial charge on any atom is 0.169 e. The lowest BCUT2D eigenvalue weighted by Crippen LogP contribution is -2.22. The highest BCUT2D eigenvalue weighted by Gasteiger charge is 2.12. The van der Waals surface area contributed by atoms with E-state index in [4.69, 9.17) is 0 Å². The van der Waals surface area contributed by atoms with Gasteiger partial charge >= 0.3 is 0 Å². The van der Waals surface area contributed by atoms with Gasteiger partial charge in [0.1, 0.15) is 6.33 Å². The number of nitrogens with one attached hydrogen (secondary N) is 1. The van der Waals surface area contributed by atoms with Crippen molar-refractivity contribution in [2.75, 3.05) is 12.3 Å². The zero-order valence-corrected chi connectivity index (χ0v) is 13.8. The summed E-state index contributed by atoms with van der Waals surface area (Å²) >= 11 is 3.22. The Balaban J connectivity index is 2.03. The summed E-state index contributed by atoms with van der Waals surface area (Å²) in [5.41, 5.74) is 2.73. The minimum absolute atomic E-state index is 0.357. The quantitative estimate of drug-likeness (QED) is 0.781. The normalized spacial score (nSPS) is 12.8. The van der Waals surface area contributed by atoms with Gasteiger partial charge in [-0.25, -0.2) is 4.98 Å². The summed E-state index contributed by atoms with van der Waals surface area (Å²) in [5, 5.41) is 3.55. The third-order valence-electron chi connectivity index (χ3n) is 3.17. The molecule has 0 aliphatic heterocycles. The minimum atomic E-state index is 0.357. The average Bonchev–Trinajstić information content (AvgIpc) is 2.97. The van der Waals surface area contributed by atoms with E-state index in [2.05, 4.69) is 59.7 Å². The first-order chi connectivity index (χ1) is 9.70. The zero-order valence-electron chi connectivity index (χ0n) is 12.2. The first kappa shape index (κ1) is 15.5. The number of hydrogen-bond acceptors (Lipinski definition) is 5. The minimum Gasteiger partial charge on any atom is -0.309 e. The molecule has 0 saturated carbocycles. The molecule has 1 N–H and O–H groups in total. The summed E-state index contributed by atoms with van der Waals surface area (Å²) < 4.78 is 5.07. The maximum absolute atomic E-state index is 4.22. The molecule has 2 rings (SSSR count). The van der Waals surface area contributed by atoms with Crippen LogP contribution in [0.3, 0.4) is 0 Å². The summed E-state index contributed by atoms with van der Waals surface area (Å²) in [6.45, 7) is 7.56.